The van der Waals surface area contributed by atoms with Crippen LogP contribution in [0.15, 0.2) is 54.6 Å². The second kappa shape index (κ2) is 7.58. The molecule has 0 radical (unpaired) electrons. The van der Waals surface area contributed by atoms with E-state index in [9.17, 15) is 14.7 Å². The number of carbonyl (C=O) groups excluding carboxylic acids is 1. The Hall–Kier alpha value is -2.62. The second-order valence-corrected chi connectivity index (χ2v) is 5.73. The molecule has 2 aromatic carbocycles. The number of carbonyl (C=O) groups is 2. The van der Waals surface area contributed by atoms with Gasteiger partial charge in [0.25, 0.3) is 0 Å². The van der Waals surface area contributed by atoms with Crippen molar-refractivity contribution >= 4 is 11.9 Å². The molecule has 1 unspecified atom stereocenters. The van der Waals surface area contributed by atoms with Crippen LogP contribution in [0.5, 0.6) is 0 Å². The lowest BCUT2D eigenvalue weighted by Crippen LogP contribution is -2.27. The summed E-state index contributed by atoms with van der Waals surface area (Å²) in [6.07, 6.45) is 0.284. The fourth-order valence-corrected chi connectivity index (χ4v) is 2.31. The summed E-state index contributed by atoms with van der Waals surface area (Å²) in [5.74, 6) is -1.62. The number of carboxylic acids is 1. The van der Waals surface area contributed by atoms with Gasteiger partial charge >= 0.3 is 11.9 Å². The molecule has 0 aliphatic rings. The Morgan fingerprint density at radius 2 is 1.52 bits per heavy atom. The summed E-state index contributed by atoms with van der Waals surface area (Å²) in [6.45, 7) is 3.95. The van der Waals surface area contributed by atoms with Crippen LogP contribution in [0.4, 0.5) is 0 Å². The van der Waals surface area contributed by atoms with Crippen LogP contribution in [-0.4, -0.2) is 23.1 Å². The topological polar surface area (TPSA) is 63.6 Å². The monoisotopic (exact) mass is 312 g/mol. The van der Waals surface area contributed by atoms with E-state index in [0.29, 0.717) is 6.42 Å². The van der Waals surface area contributed by atoms with Crippen LogP contribution in [0, 0.1) is 5.92 Å². The van der Waals surface area contributed by atoms with Gasteiger partial charge in [0.15, 0.2) is 0 Å². The summed E-state index contributed by atoms with van der Waals surface area (Å²) in [5.41, 5.74) is 1.11. The first-order valence-corrected chi connectivity index (χ1v) is 7.56. The fraction of sp³-hybridized carbons (Fsp3) is 0.263. The van der Waals surface area contributed by atoms with Gasteiger partial charge in [0.05, 0.1) is 11.1 Å². The van der Waals surface area contributed by atoms with Crippen molar-refractivity contribution < 1.29 is 19.4 Å². The minimum atomic E-state index is -1.14. The molecule has 23 heavy (non-hydrogen) atoms. The standard InChI is InChI=1S/C19H20O4/c1-13(2)17(12-14-8-4-3-5-9-14)23-19(22)16-11-7-6-10-15(16)18(20)21/h3-11,13,17H,12H2,1-2H3,(H,20,21). The van der Waals surface area contributed by atoms with Crippen molar-refractivity contribution in [1.29, 1.82) is 0 Å². The third-order valence-electron chi connectivity index (χ3n) is 3.66. The minimum Gasteiger partial charge on any atom is -0.478 e. The van der Waals surface area contributed by atoms with Gasteiger partial charge in [0.1, 0.15) is 6.10 Å². The quantitative estimate of drug-likeness (QED) is 0.824. The zero-order valence-electron chi connectivity index (χ0n) is 13.2. The lowest BCUT2D eigenvalue weighted by molar-refractivity contribution is 0.0181. The molecule has 0 aliphatic heterocycles. The maximum Gasteiger partial charge on any atom is 0.339 e. The summed E-state index contributed by atoms with van der Waals surface area (Å²) < 4.78 is 5.59. The van der Waals surface area contributed by atoms with Gasteiger partial charge in [0, 0.05) is 6.42 Å². The molecular weight excluding hydrogens is 292 g/mol. The smallest absolute Gasteiger partial charge is 0.339 e. The molecule has 120 valence electrons. The molecule has 0 bridgehead atoms. The zero-order valence-corrected chi connectivity index (χ0v) is 13.2. The van der Waals surface area contributed by atoms with Crippen molar-refractivity contribution in [2.24, 2.45) is 5.92 Å². The SMILES string of the molecule is CC(C)C(Cc1ccccc1)OC(=O)c1ccccc1C(=O)O. The Bertz CT molecular complexity index is 677. The maximum absolute atomic E-state index is 12.4. The molecule has 0 amide bonds. The highest BCUT2D eigenvalue weighted by Crippen LogP contribution is 2.18. The largest absolute Gasteiger partial charge is 0.478 e. The normalized spacial score (nSPS) is 12.0. The van der Waals surface area contributed by atoms with Crippen LogP contribution >= 0.6 is 0 Å². The van der Waals surface area contributed by atoms with Gasteiger partial charge < -0.3 is 9.84 Å². The van der Waals surface area contributed by atoms with Crippen molar-refractivity contribution in [3.63, 3.8) is 0 Å². The van der Waals surface area contributed by atoms with Gasteiger partial charge in [-0.2, -0.15) is 0 Å². The lowest BCUT2D eigenvalue weighted by Gasteiger charge is -2.22. The maximum atomic E-state index is 12.4. The molecule has 0 aliphatic carbocycles. The van der Waals surface area contributed by atoms with Gasteiger partial charge in [-0.15, -0.1) is 0 Å². The van der Waals surface area contributed by atoms with E-state index in [1.165, 1.54) is 12.1 Å². The molecule has 1 N–H and O–H groups in total. The highest BCUT2D eigenvalue weighted by Gasteiger charge is 2.23. The van der Waals surface area contributed by atoms with Crippen molar-refractivity contribution in [3.05, 3.63) is 71.3 Å². The summed E-state index contributed by atoms with van der Waals surface area (Å²) in [6, 6.07) is 15.9. The Morgan fingerprint density at radius 1 is 0.957 bits per heavy atom. The van der Waals surface area contributed by atoms with Gasteiger partial charge in [-0.3, -0.25) is 0 Å². The number of hydrogen-bond acceptors (Lipinski definition) is 3. The summed E-state index contributed by atoms with van der Waals surface area (Å²) >= 11 is 0. The molecule has 0 saturated heterocycles. The van der Waals surface area contributed by atoms with E-state index in [1.807, 2.05) is 44.2 Å². The number of aromatic carboxylic acids is 1. The molecule has 0 fully saturated rings. The molecule has 0 spiro atoms. The van der Waals surface area contributed by atoms with Crippen molar-refractivity contribution in [3.8, 4) is 0 Å². The predicted octanol–water partition coefficient (Wildman–Crippen LogP) is 3.81. The van der Waals surface area contributed by atoms with Gasteiger partial charge in [0.2, 0.25) is 0 Å². The van der Waals surface area contributed by atoms with E-state index < -0.39 is 11.9 Å². The molecular formula is C19H20O4. The van der Waals surface area contributed by atoms with E-state index in [1.54, 1.807) is 12.1 Å². The highest BCUT2D eigenvalue weighted by atomic mass is 16.5. The summed E-state index contributed by atoms with van der Waals surface area (Å²) in [7, 11) is 0. The Kier molecular flexibility index (Phi) is 5.52. The van der Waals surface area contributed by atoms with E-state index in [0.717, 1.165) is 5.56 Å². The molecule has 4 nitrogen and oxygen atoms in total. The Labute approximate surface area is 135 Å². The lowest BCUT2D eigenvalue weighted by atomic mass is 9.99. The Balaban J connectivity index is 2.17. The van der Waals surface area contributed by atoms with Gasteiger partial charge in [-0.05, 0) is 23.6 Å². The van der Waals surface area contributed by atoms with Crippen LogP contribution < -0.4 is 0 Å². The van der Waals surface area contributed by atoms with Crippen molar-refractivity contribution in [2.45, 2.75) is 26.4 Å². The van der Waals surface area contributed by atoms with Crippen LogP contribution in [0.2, 0.25) is 0 Å². The molecule has 0 heterocycles. The van der Waals surface area contributed by atoms with Crippen LogP contribution in [0.1, 0.15) is 40.1 Å². The van der Waals surface area contributed by atoms with E-state index in [4.69, 9.17) is 4.74 Å². The van der Waals surface area contributed by atoms with E-state index >= 15 is 0 Å². The van der Waals surface area contributed by atoms with Gasteiger partial charge in [-0.25, -0.2) is 9.59 Å². The first-order chi connectivity index (χ1) is 11.0. The molecule has 0 saturated carbocycles. The first kappa shape index (κ1) is 16.7. The fourth-order valence-electron chi connectivity index (χ4n) is 2.31. The average Bonchev–Trinajstić information content (AvgIpc) is 2.55. The Morgan fingerprint density at radius 3 is 2.09 bits per heavy atom. The number of benzene rings is 2. The third kappa shape index (κ3) is 4.42. The minimum absolute atomic E-state index is 0.0419. The first-order valence-electron chi connectivity index (χ1n) is 7.56. The number of ether oxygens (including phenoxy) is 1. The number of hydrogen-bond donors (Lipinski definition) is 1. The highest BCUT2D eigenvalue weighted by molar-refractivity contribution is 6.02. The van der Waals surface area contributed by atoms with Crippen LogP contribution in [-0.2, 0) is 11.2 Å². The average molecular weight is 312 g/mol. The third-order valence-corrected chi connectivity index (χ3v) is 3.66. The van der Waals surface area contributed by atoms with Crippen molar-refractivity contribution in [1.82, 2.24) is 0 Å². The molecule has 1 atom stereocenters. The number of rotatable bonds is 6. The van der Waals surface area contributed by atoms with E-state index in [2.05, 4.69) is 0 Å². The van der Waals surface area contributed by atoms with Crippen LogP contribution in [0.3, 0.4) is 0 Å². The van der Waals surface area contributed by atoms with Crippen molar-refractivity contribution in [2.75, 3.05) is 0 Å². The number of carboxylic acid groups (broad SMARTS) is 1. The molecule has 0 aromatic heterocycles. The molecule has 4 heteroatoms. The summed E-state index contributed by atoms with van der Waals surface area (Å²) in [5, 5.41) is 9.19. The van der Waals surface area contributed by atoms with Gasteiger partial charge in [-0.1, -0.05) is 56.3 Å². The summed E-state index contributed by atoms with van der Waals surface area (Å²) in [4.78, 5) is 23.6. The predicted molar refractivity (Wildman–Crippen MR) is 87.6 cm³/mol. The number of esters is 1. The second-order valence-electron chi connectivity index (χ2n) is 5.73. The zero-order chi connectivity index (χ0) is 16.8. The molecule has 2 rings (SSSR count). The van der Waals surface area contributed by atoms with Crippen LogP contribution in [0.25, 0.3) is 0 Å². The van der Waals surface area contributed by atoms with E-state index in [-0.39, 0.29) is 23.1 Å². The molecule has 2 aromatic rings.